The molecule has 0 bridgehead atoms. The minimum atomic E-state index is -0.902. The van der Waals surface area contributed by atoms with E-state index in [1.807, 2.05) is 0 Å². The van der Waals surface area contributed by atoms with E-state index < -0.39 is 15.3 Å². The predicted octanol–water partition coefficient (Wildman–Crippen LogP) is 6.23. The molecule has 104 valence electrons. The summed E-state index contributed by atoms with van der Waals surface area (Å²) < 4.78 is 0. The predicted molar refractivity (Wildman–Crippen MR) is 91.7 cm³/mol. The van der Waals surface area contributed by atoms with Gasteiger partial charge in [0, 0.05) is 8.07 Å². The molecular formula is C14H34SSi2. The molecule has 0 unspecified atom stereocenters. The van der Waals surface area contributed by atoms with Gasteiger partial charge in [-0.05, 0) is 12.2 Å². The number of rotatable bonds is 10. The van der Waals surface area contributed by atoms with Gasteiger partial charge < -0.3 is 0 Å². The average molecular weight is 291 g/mol. The Balaban J connectivity index is 3.98. The van der Waals surface area contributed by atoms with Crippen molar-refractivity contribution in [2.45, 2.75) is 83.9 Å². The van der Waals surface area contributed by atoms with Crippen LogP contribution in [0.3, 0.4) is 0 Å². The first-order chi connectivity index (χ1) is 8.01. The van der Waals surface area contributed by atoms with Crippen molar-refractivity contribution < 1.29 is 0 Å². The second-order valence-corrected chi connectivity index (χ2v) is 19.9. The molecule has 0 heterocycles. The Labute approximate surface area is 116 Å². The normalized spacial score (nSPS) is 13.1. The highest BCUT2D eigenvalue weighted by molar-refractivity contribution is 8.28. The van der Waals surface area contributed by atoms with Crippen molar-refractivity contribution in [3.63, 3.8) is 0 Å². The van der Waals surface area contributed by atoms with Crippen LogP contribution in [-0.2, 0) is 0 Å². The first kappa shape index (κ1) is 17.8. The molecule has 3 heteroatoms. The van der Waals surface area contributed by atoms with Crippen LogP contribution in [0.1, 0.15) is 41.0 Å². The Bertz CT molecular complexity index is 178. The third kappa shape index (κ3) is 5.97. The Kier molecular flexibility index (Phi) is 9.22. The Morgan fingerprint density at radius 2 is 1.24 bits per heavy atom. The van der Waals surface area contributed by atoms with E-state index in [2.05, 4.69) is 52.4 Å². The first-order valence-electron chi connectivity index (χ1n) is 7.65. The second kappa shape index (κ2) is 8.81. The van der Waals surface area contributed by atoms with Gasteiger partial charge in [0.15, 0.2) is 0 Å². The van der Waals surface area contributed by atoms with Crippen molar-refractivity contribution in [3.05, 3.63) is 0 Å². The molecule has 0 aliphatic carbocycles. The summed E-state index contributed by atoms with van der Waals surface area (Å²) in [6.07, 6.45) is 1.49. The fraction of sp³-hybridized carbons (Fsp3) is 1.00. The molecule has 0 amide bonds. The molecule has 0 aromatic carbocycles. The molecule has 0 aliphatic rings. The van der Waals surface area contributed by atoms with E-state index in [4.69, 9.17) is 0 Å². The molecule has 0 aromatic heterocycles. The average Bonchev–Trinajstić information content (AvgIpc) is 2.39. The highest BCUT2D eigenvalue weighted by Crippen LogP contribution is 2.34. The molecule has 0 fully saturated rings. The molecule has 0 saturated heterocycles. The maximum absolute atomic E-state index is 2.60. The Hall–Kier alpha value is 0.784. The fourth-order valence-electron chi connectivity index (χ4n) is 2.45. The molecule has 0 atom stereocenters. The number of hydrogen-bond donors (Lipinski definition) is 0. The first-order valence-corrected chi connectivity index (χ1v) is 15.1. The van der Waals surface area contributed by atoms with Crippen molar-refractivity contribution in [1.29, 1.82) is 0 Å². The topological polar surface area (TPSA) is 0 Å². The zero-order chi connectivity index (χ0) is 13.4. The lowest BCUT2D eigenvalue weighted by atomic mass is 10.6. The minimum absolute atomic E-state index is 0.822. The molecule has 0 aromatic rings. The van der Waals surface area contributed by atoms with Gasteiger partial charge in [-0.3, -0.25) is 0 Å². The Morgan fingerprint density at radius 1 is 0.765 bits per heavy atom. The summed E-state index contributed by atoms with van der Waals surface area (Å²) in [5, 5.41) is 0. The van der Waals surface area contributed by atoms with E-state index in [0.717, 1.165) is 0 Å². The zero-order valence-corrected chi connectivity index (χ0v) is 15.9. The maximum Gasteiger partial charge on any atom is 0.116 e. The molecule has 0 aliphatic heterocycles. The monoisotopic (exact) mass is 290 g/mol. The smallest absolute Gasteiger partial charge is 0.116 e. The van der Waals surface area contributed by atoms with Gasteiger partial charge in [0.05, 0.1) is 0 Å². The summed E-state index contributed by atoms with van der Waals surface area (Å²) in [4.78, 5) is 0. The zero-order valence-electron chi connectivity index (χ0n) is 13.1. The summed E-state index contributed by atoms with van der Waals surface area (Å²) in [5.41, 5.74) is 0. The van der Waals surface area contributed by atoms with E-state index in [0.29, 0.717) is 0 Å². The third-order valence-electron chi connectivity index (χ3n) is 4.97. The van der Waals surface area contributed by atoms with Gasteiger partial charge >= 0.3 is 0 Å². The SMILES string of the molecule is CC[Si](C)(CC)CCCS[Si](CC)(CC)CC. The molecule has 0 rings (SSSR count). The molecule has 17 heavy (non-hydrogen) atoms. The highest BCUT2D eigenvalue weighted by atomic mass is 32.4. The van der Waals surface area contributed by atoms with Crippen LogP contribution in [-0.4, -0.2) is 21.1 Å². The van der Waals surface area contributed by atoms with Crippen LogP contribution in [0.5, 0.6) is 0 Å². The van der Waals surface area contributed by atoms with Gasteiger partial charge in [-0.1, -0.05) is 77.4 Å². The second-order valence-electron chi connectivity index (χ2n) is 5.71. The molecular weight excluding hydrogens is 256 g/mol. The Morgan fingerprint density at radius 3 is 1.59 bits per heavy atom. The van der Waals surface area contributed by atoms with Crippen LogP contribution >= 0.6 is 11.2 Å². The lowest BCUT2D eigenvalue weighted by Gasteiger charge is -2.29. The van der Waals surface area contributed by atoms with Gasteiger partial charge in [0.25, 0.3) is 0 Å². The van der Waals surface area contributed by atoms with Crippen molar-refractivity contribution in [3.8, 4) is 0 Å². The van der Waals surface area contributed by atoms with Crippen molar-refractivity contribution in [1.82, 2.24) is 0 Å². The lowest BCUT2D eigenvalue weighted by molar-refractivity contribution is 1.03. The summed E-state index contributed by atoms with van der Waals surface area (Å²) in [7, 11) is -1.72. The van der Waals surface area contributed by atoms with Crippen LogP contribution in [0.15, 0.2) is 0 Å². The van der Waals surface area contributed by atoms with E-state index >= 15 is 0 Å². The quantitative estimate of drug-likeness (QED) is 0.339. The van der Waals surface area contributed by atoms with Gasteiger partial charge in [0.2, 0.25) is 0 Å². The molecule has 0 spiro atoms. The fourth-order valence-corrected chi connectivity index (χ4v) is 11.3. The van der Waals surface area contributed by atoms with E-state index in [-0.39, 0.29) is 0 Å². The van der Waals surface area contributed by atoms with E-state index in [9.17, 15) is 0 Å². The number of hydrogen-bond acceptors (Lipinski definition) is 1. The van der Waals surface area contributed by atoms with Gasteiger partial charge in [-0.25, -0.2) is 0 Å². The molecule has 0 nitrogen and oxygen atoms in total. The molecule has 0 radical (unpaired) electrons. The lowest BCUT2D eigenvalue weighted by Crippen LogP contribution is -2.29. The van der Waals surface area contributed by atoms with Gasteiger partial charge in [0.1, 0.15) is 7.22 Å². The van der Waals surface area contributed by atoms with Gasteiger partial charge in [-0.15, -0.1) is 0 Å². The summed E-state index contributed by atoms with van der Waals surface area (Å²) >= 11 is 2.39. The summed E-state index contributed by atoms with van der Waals surface area (Å²) in [6, 6.07) is 8.94. The van der Waals surface area contributed by atoms with E-state index in [1.165, 1.54) is 42.4 Å². The van der Waals surface area contributed by atoms with Gasteiger partial charge in [-0.2, -0.15) is 11.2 Å². The van der Waals surface area contributed by atoms with Crippen molar-refractivity contribution in [2.75, 3.05) is 5.75 Å². The van der Waals surface area contributed by atoms with Crippen molar-refractivity contribution >= 4 is 26.5 Å². The van der Waals surface area contributed by atoms with Crippen LogP contribution in [0.2, 0.25) is 42.8 Å². The summed E-state index contributed by atoms with van der Waals surface area (Å²) in [5.74, 6) is 1.45. The van der Waals surface area contributed by atoms with E-state index in [1.54, 1.807) is 6.04 Å². The van der Waals surface area contributed by atoms with Crippen molar-refractivity contribution in [2.24, 2.45) is 0 Å². The van der Waals surface area contributed by atoms with Crippen LogP contribution in [0, 0.1) is 0 Å². The standard InChI is InChI=1S/C14H34SSi2/c1-7-16(6,8-2)14-12-13-15-17(9-3,10-4)11-5/h7-14H2,1-6H3. The van der Waals surface area contributed by atoms with Crippen LogP contribution in [0.4, 0.5) is 0 Å². The highest BCUT2D eigenvalue weighted by Gasteiger charge is 2.28. The largest absolute Gasteiger partial charge is 0.185 e. The minimum Gasteiger partial charge on any atom is -0.185 e. The third-order valence-corrected chi connectivity index (χ3v) is 20.0. The maximum atomic E-state index is 2.60. The van der Waals surface area contributed by atoms with Crippen LogP contribution in [0.25, 0.3) is 0 Å². The molecule has 0 saturated carbocycles. The van der Waals surface area contributed by atoms with Crippen LogP contribution < -0.4 is 0 Å². The summed E-state index contributed by atoms with van der Waals surface area (Å²) in [6.45, 7) is 14.7. The molecule has 0 N–H and O–H groups in total.